The third-order valence-corrected chi connectivity index (χ3v) is 3.18. The van der Waals surface area contributed by atoms with Gasteiger partial charge in [0.1, 0.15) is 11.5 Å². The molecule has 1 aliphatic rings. The van der Waals surface area contributed by atoms with Crippen molar-refractivity contribution in [3.8, 4) is 11.5 Å². The van der Waals surface area contributed by atoms with E-state index in [1.165, 1.54) is 0 Å². The van der Waals surface area contributed by atoms with Gasteiger partial charge >= 0.3 is 0 Å². The maximum Gasteiger partial charge on any atom is 0.192 e. The Bertz CT molecular complexity index is 501. The van der Waals surface area contributed by atoms with E-state index in [0.717, 1.165) is 23.3 Å². The van der Waals surface area contributed by atoms with Crippen molar-refractivity contribution in [2.45, 2.75) is 19.8 Å². The molecule has 1 aliphatic carbocycles. The third kappa shape index (κ3) is 1.71. The number of aryl methyl sites for hydroxylation is 1. The Balaban J connectivity index is 2.74. The molecule has 0 unspecified atom stereocenters. The van der Waals surface area contributed by atoms with E-state index < -0.39 is 0 Å². The molecule has 2 rings (SSSR count). The smallest absolute Gasteiger partial charge is 0.192 e. The van der Waals surface area contributed by atoms with E-state index in [1.54, 1.807) is 14.2 Å². The molecular formula is C14H16O3. The Morgan fingerprint density at radius 3 is 2.53 bits per heavy atom. The Morgan fingerprint density at radius 1 is 1.24 bits per heavy atom. The maximum atomic E-state index is 12.1. The number of carbonyl (C=O) groups excluding carboxylic acids is 1. The van der Waals surface area contributed by atoms with Gasteiger partial charge in [-0.1, -0.05) is 6.58 Å². The molecule has 0 spiro atoms. The minimum absolute atomic E-state index is 0.0265. The molecule has 0 atom stereocenters. The number of hydrogen-bond acceptors (Lipinski definition) is 3. The zero-order valence-electron chi connectivity index (χ0n) is 10.4. The fourth-order valence-electron chi connectivity index (χ4n) is 2.33. The van der Waals surface area contributed by atoms with Crippen molar-refractivity contribution in [2.75, 3.05) is 14.2 Å². The molecule has 17 heavy (non-hydrogen) atoms. The molecule has 0 fully saturated rings. The van der Waals surface area contributed by atoms with Gasteiger partial charge in [-0.3, -0.25) is 4.79 Å². The lowest BCUT2D eigenvalue weighted by atomic mass is 9.85. The molecule has 1 aromatic rings. The molecule has 3 heteroatoms. The molecule has 0 amide bonds. The lowest BCUT2D eigenvalue weighted by Crippen LogP contribution is -2.16. The Kier molecular flexibility index (Phi) is 2.92. The average Bonchev–Trinajstić information content (AvgIpc) is 2.32. The Hall–Kier alpha value is -1.77. The number of carbonyl (C=O) groups is 1. The van der Waals surface area contributed by atoms with Crippen molar-refractivity contribution in [1.29, 1.82) is 0 Å². The van der Waals surface area contributed by atoms with E-state index in [-0.39, 0.29) is 5.78 Å². The van der Waals surface area contributed by atoms with Crippen LogP contribution in [0.5, 0.6) is 11.5 Å². The summed E-state index contributed by atoms with van der Waals surface area (Å²) in [7, 11) is 3.20. The Morgan fingerprint density at radius 2 is 1.94 bits per heavy atom. The second kappa shape index (κ2) is 4.24. The second-order valence-corrected chi connectivity index (χ2v) is 4.22. The Labute approximate surface area is 101 Å². The summed E-state index contributed by atoms with van der Waals surface area (Å²) >= 11 is 0. The molecule has 0 N–H and O–H groups in total. The van der Waals surface area contributed by atoms with Crippen LogP contribution >= 0.6 is 0 Å². The van der Waals surface area contributed by atoms with Crippen LogP contribution in [0, 0.1) is 6.92 Å². The summed E-state index contributed by atoms with van der Waals surface area (Å²) < 4.78 is 10.7. The van der Waals surface area contributed by atoms with Gasteiger partial charge < -0.3 is 9.47 Å². The fraction of sp³-hybridized carbons (Fsp3) is 0.357. The van der Waals surface area contributed by atoms with E-state index in [9.17, 15) is 4.79 Å². The van der Waals surface area contributed by atoms with Crippen molar-refractivity contribution >= 4 is 5.78 Å². The highest BCUT2D eigenvalue weighted by Crippen LogP contribution is 2.39. The van der Waals surface area contributed by atoms with Crippen molar-refractivity contribution in [3.05, 3.63) is 34.9 Å². The van der Waals surface area contributed by atoms with Crippen LogP contribution < -0.4 is 9.47 Å². The summed E-state index contributed by atoms with van der Waals surface area (Å²) in [6.45, 7) is 5.76. The monoisotopic (exact) mass is 232 g/mol. The third-order valence-electron chi connectivity index (χ3n) is 3.18. The van der Waals surface area contributed by atoms with Gasteiger partial charge in [0.2, 0.25) is 0 Å². The molecule has 0 aliphatic heterocycles. The molecule has 3 nitrogen and oxygen atoms in total. The van der Waals surface area contributed by atoms with E-state index >= 15 is 0 Å². The highest BCUT2D eigenvalue weighted by Gasteiger charge is 2.28. The topological polar surface area (TPSA) is 35.5 Å². The molecule has 90 valence electrons. The van der Waals surface area contributed by atoms with E-state index in [2.05, 4.69) is 6.58 Å². The molecule has 0 bridgehead atoms. The highest BCUT2D eigenvalue weighted by atomic mass is 16.5. The normalized spacial score (nSPS) is 14.5. The van der Waals surface area contributed by atoms with E-state index in [1.807, 2.05) is 13.0 Å². The minimum Gasteiger partial charge on any atom is -0.496 e. The number of benzene rings is 1. The van der Waals surface area contributed by atoms with Crippen molar-refractivity contribution in [1.82, 2.24) is 0 Å². The van der Waals surface area contributed by atoms with Crippen LogP contribution in [0.15, 0.2) is 18.2 Å². The number of ether oxygens (including phenoxy) is 2. The molecule has 1 aromatic carbocycles. The first kappa shape index (κ1) is 11.7. The first-order valence-corrected chi connectivity index (χ1v) is 5.57. The van der Waals surface area contributed by atoms with Crippen LogP contribution in [0.2, 0.25) is 0 Å². The number of Topliss-reactive ketones (excluding diaryl/α,β-unsaturated/α-hetero) is 1. The number of methoxy groups -OCH3 is 2. The van der Waals surface area contributed by atoms with Gasteiger partial charge in [0.25, 0.3) is 0 Å². The fourth-order valence-corrected chi connectivity index (χ4v) is 2.33. The summed E-state index contributed by atoms with van der Waals surface area (Å²) in [4.78, 5) is 12.1. The molecule has 0 saturated heterocycles. The van der Waals surface area contributed by atoms with Gasteiger partial charge in [-0.25, -0.2) is 0 Å². The molecule has 0 saturated carbocycles. The van der Waals surface area contributed by atoms with E-state index in [0.29, 0.717) is 23.3 Å². The largest absolute Gasteiger partial charge is 0.496 e. The van der Waals surface area contributed by atoms with Crippen LogP contribution in [0.25, 0.3) is 0 Å². The van der Waals surface area contributed by atoms with Crippen LogP contribution in [0.3, 0.4) is 0 Å². The summed E-state index contributed by atoms with van der Waals surface area (Å²) in [5, 5.41) is 0. The van der Waals surface area contributed by atoms with Crippen LogP contribution in [0.4, 0.5) is 0 Å². The first-order chi connectivity index (χ1) is 8.10. The number of allylic oxidation sites excluding steroid dienone is 1. The highest BCUT2D eigenvalue weighted by molar-refractivity contribution is 6.12. The average molecular weight is 232 g/mol. The molecular weight excluding hydrogens is 216 g/mol. The zero-order valence-corrected chi connectivity index (χ0v) is 10.4. The van der Waals surface area contributed by atoms with Gasteiger partial charge in [-0.15, -0.1) is 0 Å². The van der Waals surface area contributed by atoms with Crippen molar-refractivity contribution < 1.29 is 14.3 Å². The van der Waals surface area contributed by atoms with Crippen LogP contribution in [-0.2, 0) is 6.42 Å². The van der Waals surface area contributed by atoms with Crippen LogP contribution in [-0.4, -0.2) is 20.0 Å². The van der Waals surface area contributed by atoms with Gasteiger partial charge in [-0.05, 0) is 37.0 Å². The lowest BCUT2D eigenvalue weighted by molar-refractivity contribution is 0.102. The molecule has 0 heterocycles. The van der Waals surface area contributed by atoms with Gasteiger partial charge in [0.05, 0.1) is 19.8 Å². The van der Waals surface area contributed by atoms with Gasteiger partial charge in [0, 0.05) is 5.56 Å². The SMILES string of the molecule is C=C1CCc2c(OC)c(C)cc(OC)c2C1=O. The number of hydrogen-bond donors (Lipinski definition) is 0. The van der Waals surface area contributed by atoms with E-state index in [4.69, 9.17) is 9.47 Å². The predicted molar refractivity (Wildman–Crippen MR) is 66.1 cm³/mol. The summed E-state index contributed by atoms with van der Waals surface area (Å²) in [6.07, 6.45) is 1.47. The quantitative estimate of drug-likeness (QED) is 0.735. The van der Waals surface area contributed by atoms with Crippen molar-refractivity contribution in [3.63, 3.8) is 0 Å². The number of ketones is 1. The standard InChI is InChI=1S/C14H16O3/c1-8-5-6-10-12(13(8)15)11(16-3)7-9(2)14(10)17-4/h7H,1,5-6H2,2-4H3. The first-order valence-electron chi connectivity index (χ1n) is 5.57. The van der Waals surface area contributed by atoms with Crippen LogP contribution in [0.1, 0.15) is 27.9 Å². The predicted octanol–water partition coefficient (Wildman–Crippen LogP) is 2.70. The van der Waals surface area contributed by atoms with Crippen molar-refractivity contribution in [2.24, 2.45) is 0 Å². The number of fused-ring (bicyclic) bond motifs is 1. The molecule has 0 radical (unpaired) electrons. The maximum absolute atomic E-state index is 12.1. The summed E-state index contributed by atoms with van der Waals surface area (Å²) in [5.74, 6) is 1.38. The minimum atomic E-state index is -0.0265. The molecule has 0 aromatic heterocycles. The summed E-state index contributed by atoms with van der Waals surface area (Å²) in [6, 6.07) is 1.84. The summed E-state index contributed by atoms with van der Waals surface area (Å²) in [5.41, 5.74) is 3.19. The number of rotatable bonds is 2. The lowest BCUT2D eigenvalue weighted by Gasteiger charge is -2.23. The second-order valence-electron chi connectivity index (χ2n) is 4.22. The van der Waals surface area contributed by atoms with Gasteiger partial charge in [-0.2, -0.15) is 0 Å². The van der Waals surface area contributed by atoms with Gasteiger partial charge in [0.15, 0.2) is 5.78 Å². The zero-order chi connectivity index (χ0) is 12.6.